The second kappa shape index (κ2) is 5.62. The number of terminal acetylenes is 1. The number of aromatic nitrogens is 1. The number of carbonyl (C=O) groups excluding carboxylic acids is 1. The predicted molar refractivity (Wildman–Crippen MR) is 87.9 cm³/mol. The number of nitriles is 1. The molecule has 23 heavy (non-hydrogen) atoms. The molecule has 0 atom stereocenters. The Balaban J connectivity index is 2.00. The molecular formula is C18H15N3O2. The van der Waals surface area contributed by atoms with Crippen LogP contribution in [0, 0.1) is 29.6 Å². The Bertz CT molecular complexity index is 938. The van der Waals surface area contributed by atoms with Crippen molar-refractivity contribution in [2.45, 2.75) is 18.9 Å². The van der Waals surface area contributed by atoms with Gasteiger partial charge in [-0.15, -0.1) is 6.42 Å². The first-order valence-electron chi connectivity index (χ1n) is 7.35. The van der Waals surface area contributed by atoms with Crippen molar-refractivity contribution in [3.63, 3.8) is 0 Å². The van der Waals surface area contributed by atoms with E-state index in [1.54, 1.807) is 7.05 Å². The molecule has 1 fully saturated rings. The van der Waals surface area contributed by atoms with Gasteiger partial charge in [0.15, 0.2) is 0 Å². The molecule has 0 saturated heterocycles. The SMILES string of the molecule is C#CC(=O)C1CC(Nc2c(C#N)c(=O)n(C)c3ccccc23)C1. The third kappa shape index (κ3) is 2.37. The molecule has 0 amide bonds. The summed E-state index contributed by atoms with van der Waals surface area (Å²) in [5, 5.41) is 13.5. The average Bonchev–Trinajstić information content (AvgIpc) is 2.54. The second-order valence-electron chi connectivity index (χ2n) is 5.76. The summed E-state index contributed by atoms with van der Waals surface area (Å²) in [6.07, 6.45) is 6.37. The first-order valence-corrected chi connectivity index (χ1v) is 7.35. The maximum absolute atomic E-state index is 12.4. The molecular weight excluding hydrogens is 290 g/mol. The first-order chi connectivity index (χ1) is 11.1. The highest BCUT2D eigenvalue weighted by Gasteiger charge is 2.34. The molecule has 1 aliphatic rings. The Morgan fingerprint density at radius 3 is 2.74 bits per heavy atom. The Kier molecular flexibility index (Phi) is 3.64. The number of nitrogens with zero attached hydrogens (tertiary/aromatic N) is 2. The highest BCUT2D eigenvalue weighted by molar-refractivity contribution is 5.98. The van der Waals surface area contributed by atoms with Gasteiger partial charge < -0.3 is 9.88 Å². The van der Waals surface area contributed by atoms with Crippen LogP contribution in [0.2, 0.25) is 0 Å². The minimum Gasteiger partial charge on any atom is -0.380 e. The number of fused-ring (bicyclic) bond motifs is 1. The number of hydrogen-bond donors (Lipinski definition) is 1. The molecule has 114 valence electrons. The summed E-state index contributed by atoms with van der Waals surface area (Å²) >= 11 is 0. The summed E-state index contributed by atoms with van der Waals surface area (Å²) in [5.41, 5.74) is 1.07. The van der Waals surface area contributed by atoms with E-state index in [4.69, 9.17) is 6.42 Å². The number of rotatable bonds is 3. The van der Waals surface area contributed by atoms with E-state index in [1.165, 1.54) is 4.57 Å². The van der Waals surface area contributed by atoms with Crippen molar-refractivity contribution in [2.75, 3.05) is 5.32 Å². The summed E-state index contributed by atoms with van der Waals surface area (Å²) in [4.78, 5) is 23.8. The lowest BCUT2D eigenvalue weighted by atomic mass is 9.77. The summed E-state index contributed by atoms with van der Waals surface area (Å²) in [6, 6.07) is 9.47. The summed E-state index contributed by atoms with van der Waals surface area (Å²) in [6.45, 7) is 0. The van der Waals surface area contributed by atoms with Crippen LogP contribution in [0.3, 0.4) is 0 Å². The Morgan fingerprint density at radius 2 is 2.09 bits per heavy atom. The molecule has 1 aliphatic carbocycles. The molecule has 0 radical (unpaired) electrons. The maximum Gasteiger partial charge on any atom is 0.270 e. The lowest BCUT2D eigenvalue weighted by Gasteiger charge is -2.34. The minimum atomic E-state index is -0.329. The number of aryl methyl sites for hydroxylation is 1. The van der Waals surface area contributed by atoms with Crippen LogP contribution in [0.1, 0.15) is 18.4 Å². The predicted octanol–water partition coefficient (Wildman–Crippen LogP) is 1.80. The van der Waals surface area contributed by atoms with Gasteiger partial charge in [0.2, 0.25) is 5.78 Å². The largest absolute Gasteiger partial charge is 0.380 e. The zero-order valence-electron chi connectivity index (χ0n) is 12.7. The lowest BCUT2D eigenvalue weighted by Crippen LogP contribution is -2.40. The summed E-state index contributed by atoms with van der Waals surface area (Å²) < 4.78 is 1.48. The number of anilines is 1. The molecule has 1 heterocycles. The number of benzene rings is 1. The zero-order valence-corrected chi connectivity index (χ0v) is 12.7. The van der Waals surface area contributed by atoms with Crippen molar-refractivity contribution < 1.29 is 4.79 Å². The zero-order chi connectivity index (χ0) is 16.6. The topological polar surface area (TPSA) is 74.9 Å². The van der Waals surface area contributed by atoms with Crippen LogP contribution in [0.4, 0.5) is 5.69 Å². The quantitative estimate of drug-likeness (QED) is 0.693. The van der Waals surface area contributed by atoms with Gasteiger partial charge in [0.05, 0.1) is 11.2 Å². The third-order valence-electron chi connectivity index (χ3n) is 4.41. The summed E-state index contributed by atoms with van der Waals surface area (Å²) in [7, 11) is 1.65. The average molecular weight is 305 g/mol. The van der Waals surface area contributed by atoms with Crippen LogP contribution < -0.4 is 10.9 Å². The van der Waals surface area contributed by atoms with Gasteiger partial charge in [-0.25, -0.2) is 0 Å². The van der Waals surface area contributed by atoms with Gasteiger partial charge in [0, 0.05) is 24.4 Å². The van der Waals surface area contributed by atoms with E-state index < -0.39 is 0 Å². The van der Waals surface area contributed by atoms with Crippen molar-refractivity contribution >= 4 is 22.4 Å². The third-order valence-corrected chi connectivity index (χ3v) is 4.41. The number of hydrogen-bond acceptors (Lipinski definition) is 4. The molecule has 1 aromatic carbocycles. The number of ketones is 1. The fourth-order valence-corrected chi connectivity index (χ4v) is 3.02. The van der Waals surface area contributed by atoms with Gasteiger partial charge in [-0.1, -0.05) is 18.2 Å². The number of para-hydroxylation sites is 1. The summed E-state index contributed by atoms with van der Waals surface area (Å²) in [5.74, 6) is 1.84. The van der Waals surface area contributed by atoms with Gasteiger partial charge in [-0.2, -0.15) is 5.26 Å². The molecule has 3 rings (SSSR count). The first kappa shape index (κ1) is 14.9. The van der Waals surface area contributed by atoms with Crippen LogP contribution in [-0.2, 0) is 11.8 Å². The molecule has 5 nitrogen and oxygen atoms in total. The molecule has 0 bridgehead atoms. The van der Waals surface area contributed by atoms with Crippen molar-refractivity contribution in [1.29, 1.82) is 5.26 Å². The van der Waals surface area contributed by atoms with Crippen LogP contribution in [0.5, 0.6) is 0 Å². The Hall–Kier alpha value is -3.05. The smallest absolute Gasteiger partial charge is 0.270 e. The van der Waals surface area contributed by atoms with Crippen LogP contribution in [-0.4, -0.2) is 16.4 Å². The fraction of sp³-hybridized carbons (Fsp3) is 0.278. The monoisotopic (exact) mass is 305 g/mol. The molecule has 0 unspecified atom stereocenters. The van der Waals surface area contributed by atoms with E-state index in [1.807, 2.05) is 30.3 Å². The molecule has 1 N–H and O–H groups in total. The number of carbonyl (C=O) groups is 1. The normalized spacial score (nSPS) is 19.4. The van der Waals surface area contributed by atoms with Crippen LogP contribution in [0.15, 0.2) is 29.1 Å². The molecule has 1 saturated carbocycles. The fourth-order valence-electron chi connectivity index (χ4n) is 3.02. The van der Waals surface area contributed by atoms with E-state index in [-0.39, 0.29) is 28.9 Å². The van der Waals surface area contributed by atoms with E-state index in [0.717, 1.165) is 10.9 Å². The number of nitrogens with one attached hydrogen (secondary N) is 1. The number of pyridine rings is 1. The lowest BCUT2D eigenvalue weighted by molar-refractivity contribution is -0.119. The maximum atomic E-state index is 12.4. The van der Waals surface area contributed by atoms with Gasteiger partial charge in [-0.3, -0.25) is 9.59 Å². The van der Waals surface area contributed by atoms with Gasteiger partial charge in [0.25, 0.3) is 5.56 Å². The van der Waals surface area contributed by atoms with E-state index in [0.29, 0.717) is 18.5 Å². The highest BCUT2D eigenvalue weighted by atomic mass is 16.1. The van der Waals surface area contributed by atoms with E-state index >= 15 is 0 Å². The second-order valence-corrected chi connectivity index (χ2v) is 5.76. The van der Waals surface area contributed by atoms with E-state index in [2.05, 4.69) is 11.2 Å². The molecule has 5 heteroatoms. The molecule has 0 aliphatic heterocycles. The van der Waals surface area contributed by atoms with Crippen LogP contribution >= 0.6 is 0 Å². The van der Waals surface area contributed by atoms with Crippen LogP contribution in [0.25, 0.3) is 10.9 Å². The van der Waals surface area contributed by atoms with Crippen molar-refractivity contribution in [3.05, 3.63) is 40.2 Å². The van der Waals surface area contributed by atoms with Gasteiger partial charge in [0.1, 0.15) is 11.6 Å². The van der Waals surface area contributed by atoms with Gasteiger partial charge >= 0.3 is 0 Å². The standard InChI is InChI=1S/C18H15N3O2/c1-3-16(22)11-8-12(9-11)20-17-13-6-4-5-7-15(13)21(2)18(23)14(17)10-19/h1,4-7,11-12,20H,8-9H2,2H3. The molecule has 2 aromatic rings. The van der Waals surface area contributed by atoms with Gasteiger partial charge in [-0.05, 0) is 24.8 Å². The highest BCUT2D eigenvalue weighted by Crippen LogP contribution is 2.33. The number of Topliss-reactive ketones (excluding diaryl/α,β-unsaturated/α-hetero) is 1. The van der Waals surface area contributed by atoms with Crippen molar-refractivity contribution in [3.8, 4) is 18.4 Å². The Morgan fingerprint density at radius 1 is 1.39 bits per heavy atom. The molecule has 0 spiro atoms. The minimum absolute atomic E-state index is 0.0416. The van der Waals surface area contributed by atoms with Crippen molar-refractivity contribution in [2.24, 2.45) is 13.0 Å². The Labute approximate surface area is 133 Å². The molecule has 1 aromatic heterocycles. The van der Waals surface area contributed by atoms with Crippen molar-refractivity contribution in [1.82, 2.24) is 4.57 Å². The van der Waals surface area contributed by atoms with E-state index in [9.17, 15) is 14.9 Å².